The summed E-state index contributed by atoms with van der Waals surface area (Å²) in [7, 11) is 4.31. The zero-order valence-corrected chi connectivity index (χ0v) is 9.63. The van der Waals surface area contributed by atoms with Gasteiger partial charge in [-0.05, 0) is 18.2 Å². The molecule has 0 bridgehead atoms. The number of carbonyl (C=O) groups excluding carboxylic acids is 1. The second-order valence-corrected chi connectivity index (χ2v) is 3.65. The van der Waals surface area contributed by atoms with Crippen LogP contribution in [0.25, 0.3) is 0 Å². The number of halogens is 3. The van der Waals surface area contributed by atoms with Gasteiger partial charge in [-0.1, -0.05) is 0 Å². The molecule has 0 saturated carbocycles. The maximum absolute atomic E-state index is 12.6. The summed E-state index contributed by atoms with van der Waals surface area (Å²) < 4.78 is 42.2. The molecule has 1 aromatic rings. The smallest absolute Gasteiger partial charge is 0.416 e. The Kier molecular flexibility index (Phi) is 3.65. The van der Waals surface area contributed by atoms with Crippen molar-refractivity contribution < 1.29 is 22.7 Å². The van der Waals surface area contributed by atoms with Crippen LogP contribution in [0, 0.1) is 0 Å². The van der Waals surface area contributed by atoms with E-state index in [0.29, 0.717) is 5.69 Å². The molecule has 1 rings (SSSR count). The highest BCUT2D eigenvalue weighted by atomic mass is 19.4. The van der Waals surface area contributed by atoms with Crippen molar-refractivity contribution >= 4 is 11.7 Å². The van der Waals surface area contributed by atoms with Gasteiger partial charge >= 0.3 is 12.1 Å². The normalized spacial score (nSPS) is 11.2. The first kappa shape index (κ1) is 13.3. The molecular formula is C11H12F3NO2. The lowest BCUT2D eigenvalue weighted by Crippen LogP contribution is -2.14. The molecule has 0 aliphatic heterocycles. The van der Waals surface area contributed by atoms with Gasteiger partial charge in [0.25, 0.3) is 0 Å². The van der Waals surface area contributed by atoms with Gasteiger partial charge in [-0.25, -0.2) is 4.79 Å². The Morgan fingerprint density at radius 1 is 1.24 bits per heavy atom. The molecule has 0 aliphatic rings. The minimum absolute atomic E-state index is 0.119. The first-order chi connectivity index (χ1) is 7.75. The van der Waals surface area contributed by atoms with Gasteiger partial charge in [0.1, 0.15) is 0 Å². The van der Waals surface area contributed by atoms with Crippen LogP contribution in [0.2, 0.25) is 0 Å². The molecule has 1 aromatic carbocycles. The number of carbonyl (C=O) groups is 1. The number of alkyl halides is 3. The molecule has 17 heavy (non-hydrogen) atoms. The molecule has 0 amide bonds. The highest BCUT2D eigenvalue weighted by Gasteiger charge is 2.32. The van der Waals surface area contributed by atoms with Crippen molar-refractivity contribution in [2.45, 2.75) is 6.18 Å². The van der Waals surface area contributed by atoms with Crippen molar-refractivity contribution in [1.29, 1.82) is 0 Å². The number of ether oxygens (including phenoxy) is 1. The van der Waals surface area contributed by atoms with E-state index in [1.165, 1.54) is 11.0 Å². The molecule has 6 heteroatoms. The Morgan fingerprint density at radius 3 is 2.24 bits per heavy atom. The van der Waals surface area contributed by atoms with E-state index in [1.807, 2.05) is 0 Å². The lowest BCUT2D eigenvalue weighted by Gasteiger charge is -2.16. The van der Waals surface area contributed by atoms with E-state index in [-0.39, 0.29) is 5.56 Å². The second-order valence-electron chi connectivity index (χ2n) is 3.65. The van der Waals surface area contributed by atoms with E-state index in [2.05, 4.69) is 4.74 Å². The molecule has 3 nitrogen and oxygen atoms in total. The summed E-state index contributed by atoms with van der Waals surface area (Å²) in [5.74, 6) is -0.792. The Hall–Kier alpha value is -1.72. The van der Waals surface area contributed by atoms with Crippen LogP contribution in [0.1, 0.15) is 15.9 Å². The van der Waals surface area contributed by atoms with E-state index in [9.17, 15) is 18.0 Å². The summed E-state index contributed by atoms with van der Waals surface area (Å²) in [6.07, 6.45) is -4.49. The van der Waals surface area contributed by atoms with Crippen molar-refractivity contribution in [3.05, 3.63) is 29.3 Å². The summed E-state index contributed by atoms with van der Waals surface area (Å²) in [6.45, 7) is 0. The predicted octanol–water partition coefficient (Wildman–Crippen LogP) is 2.56. The van der Waals surface area contributed by atoms with E-state index >= 15 is 0 Å². The van der Waals surface area contributed by atoms with Gasteiger partial charge in [0.05, 0.1) is 18.2 Å². The standard InChI is InChI=1S/C11H12F3NO2/c1-15(2)9-5-7(10(16)17-3)4-8(6-9)11(12,13)14/h4-6H,1-3H3. The molecule has 0 spiro atoms. The molecule has 0 unspecified atom stereocenters. The first-order valence-electron chi connectivity index (χ1n) is 4.73. The molecule has 0 aromatic heterocycles. The van der Waals surface area contributed by atoms with Gasteiger partial charge in [-0.3, -0.25) is 0 Å². The first-order valence-corrected chi connectivity index (χ1v) is 4.73. The molecule has 0 aliphatic carbocycles. The van der Waals surface area contributed by atoms with Crippen molar-refractivity contribution in [1.82, 2.24) is 0 Å². The Balaban J connectivity index is 3.34. The molecular weight excluding hydrogens is 235 g/mol. The Bertz CT molecular complexity index is 427. The Labute approximate surface area is 96.8 Å². The molecule has 0 atom stereocenters. The molecule has 0 radical (unpaired) electrons. The van der Waals surface area contributed by atoms with E-state index < -0.39 is 17.7 Å². The van der Waals surface area contributed by atoms with Gasteiger partial charge in [0.2, 0.25) is 0 Å². The van der Waals surface area contributed by atoms with Crippen LogP contribution in [0.15, 0.2) is 18.2 Å². The number of anilines is 1. The predicted molar refractivity (Wildman–Crippen MR) is 57.1 cm³/mol. The van der Waals surface area contributed by atoms with Crippen LogP contribution in [0.5, 0.6) is 0 Å². The number of rotatable bonds is 2. The van der Waals surface area contributed by atoms with Crippen LogP contribution in [0.3, 0.4) is 0 Å². The summed E-state index contributed by atoms with van der Waals surface area (Å²) >= 11 is 0. The fraction of sp³-hybridized carbons (Fsp3) is 0.364. The van der Waals surface area contributed by atoms with Crippen LogP contribution < -0.4 is 4.90 Å². The minimum Gasteiger partial charge on any atom is -0.465 e. The fourth-order valence-electron chi connectivity index (χ4n) is 1.27. The summed E-state index contributed by atoms with van der Waals surface area (Å²) in [6, 6.07) is 3.10. The van der Waals surface area contributed by atoms with Gasteiger partial charge in [0.15, 0.2) is 0 Å². The largest absolute Gasteiger partial charge is 0.465 e. The quantitative estimate of drug-likeness (QED) is 0.752. The van der Waals surface area contributed by atoms with Crippen molar-refractivity contribution in [3.63, 3.8) is 0 Å². The van der Waals surface area contributed by atoms with Crippen LogP contribution in [-0.4, -0.2) is 27.2 Å². The van der Waals surface area contributed by atoms with Gasteiger partial charge in [-0.15, -0.1) is 0 Å². The third-order valence-electron chi connectivity index (χ3n) is 2.18. The maximum Gasteiger partial charge on any atom is 0.416 e. The van der Waals surface area contributed by atoms with Crippen LogP contribution >= 0.6 is 0 Å². The zero-order chi connectivity index (χ0) is 13.2. The van der Waals surface area contributed by atoms with Crippen LogP contribution in [-0.2, 0) is 10.9 Å². The summed E-state index contributed by atoms with van der Waals surface area (Å²) in [5.41, 5.74) is -0.699. The lowest BCUT2D eigenvalue weighted by atomic mass is 10.1. The van der Waals surface area contributed by atoms with Gasteiger partial charge in [0, 0.05) is 19.8 Å². The fourth-order valence-corrected chi connectivity index (χ4v) is 1.27. The van der Waals surface area contributed by atoms with Crippen molar-refractivity contribution in [3.8, 4) is 0 Å². The van der Waals surface area contributed by atoms with Gasteiger partial charge < -0.3 is 9.64 Å². The average Bonchev–Trinajstić information content (AvgIpc) is 2.26. The summed E-state index contributed by atoms with van der Waals surface area (Å²) in [5, 5.41) is 0. The minimum atomic E-state index is -4.49. The number of nitrogens with zero attached hydrogens (tertiary/aromatic N) is 1. The molecule has 0 N–H and O–H groups in total. The second kappa shape index (κ2) is 4.65. The van der Waals surface area contributed by atoms with Crippen molar-refractivity contribution in [2.75, 3.05) is 26.1 Å². The molecule has 0 heterocycles. The van der Waals surface area contributed by atoms with Crippen molar-refractivity contribution in [2.24, 2.45) is 0 Å². The Morgan fingerprint density at radius 2 is 1.82 bits per heavy atom. The number of methoxy groups -OCH3 is 1. The van der Waals surface area contributed by atoms with Crippen LogP contribution in [0.4, 0.5) is 18.9 Å². The van der Waals surface area contributed by atoms with E-state index in [0.717, 1.165) is 19.2 Å². The van der Waals surface area contributed by atoms with E-state index in [4.69, 9.17) is 0 Å². The average molecular weight is 247 g/mol. The molecule has 94 valence electrons. The van der Waals surface area contributed by atoms with Gasteiger partial charge in [-0.2, -0.15) is 13.2 Å². The third kappa shape index (κ3) is 3.12. The number of hydrogen-bond donors (Lipinski definition) is 0. The molecule has 0 saturated heterocycles. The summed E-state index contributed by atoms with van der Waals surface area (Å²) in [4.78, 5) is 12.7. The topological polar surface area (TPSA) is 29.5 Å². The SMILES string of the molecule is COC(=O)c1cc(N(C)C)cc(C(F)(F)F)c1. The highest BCUT2D eigenvalue weighted by molar-refractivity contribution is 5.90. The number of hydrogen-bond acceptors (Lipinski definition) is 3. The third-order valence-corrected chi connectivity index (χ3v) is 2.18. The maximum atomic E-state index is 12.6. The van der Waals surface area contributed by atoms with E-state index in [1.54, 1.807) is 14.1 Å². The zero-order valence-electron chi connectivity index (χ0n) is 9.63. The lowest BCUT2D eigenvalue weighted by molar-refractivity contribution is -0.137. The monoisotopic (exact) mass is 247 g/mol. The number of benzene rings is 1. The highest BCUT2D eigenvalue weighted by Crippen LogP contribution is 2.32. The number of esters is 1. The molecule has 0 fully saturated rings.